The van der Waals surface area contributed by atoms with Crippen molar-refractivity contribution in [3.05, 3.63) is 64.1 Å². The summed E-state index contributed by atoms with van der Waals surface area (Å²) in [6.07, 6.45) is 2.13. The van der Waals surface area contributed by atoms with E-state index in [1.54, 1.807) is 48.5 Å². The molecule has 0 saturated carbocycles. The van der Waals surface area contributed by atoms with E-state index in [0.29, 0.717) is 27.7 Å². The van der Waals surface area contributed by atoms with Crippen molar-refractivity contribution in [2.45, 2.75) is 52.2 Å². The molecule has 0 spiro atoms. The van der Waals surface area contributed by atoms with Crippen molar-refractivity contribution in [1.82, 2.24) is 10.2 Å². The molecule has 7 nitrogen and oxygen atoms in total. The van der Waals surface area contributed by atoms with Crippen LogP contribution in [0.5, 0.6) is 0 Å². The average Bonchev–Trinajstić information content (AvgIpc) is 2.79. The van der Waals surface area contributed by atoms with Crippen LogP contribution in [0.15, 0.2) is 48.5 Å². The summed E-state index contributed by atoms with van der Waals surface area (Å²) >= 11 is 12.2. The highest BCUT2D eigenvalue weighted by Gasteiger charge is 2.32. The molecule has 186 valence electrons. The van der Waals surface area contributed by atoms with E-state index in [2.05, 4.69) is 5.32 Å². The van der Waals surface area contributed by atoms with Gasteiger partial charge in [0.15, 0.2) is 0 Å². The number of anilines is 1. The van der Waals surface area contributed by atoms with E-state index in [9.17, 15) is 18.0 Å². The maximum atomic E-state index is 13.6. The molecule has 0 radical (unpaired) electrons. The third-order valence-corrected chi connectivity index (χ3v) is 7.33. The molecule has 2 aromatic carbocycles. The third-order valence-electron chi connectivity index (χ3n) is 5.45. The van der Waals surface area contributed by atoms with Gasteiger partial charge in [-0.1, -0.05) is 61.3 Å². The number of nitrogens with zero attached hydrogens (tertiary/aromatic N) is 2. The number of carbonyl (C=O) groups excluding carboxylic acids is 2. The van der Waals surface area contributed by atoms with Crippen LogP contribution in [0.1, 0.15) is 39.2 Å². The Labute approximate surface area is 212 Å². The summed E-state index contributed by atoms with van der Waals surface area (Å²) in [5, 5.41) is 3.62. The van der Waals surface area contributed by atoms with E-state index >= 15 is 0 Å². The first-order valence-corrected chi connectivity index (χ1v) is 13.6. The highest BCUT2D eigenvalue weighted by Crippen LogP contribution is 2.25. The van der Waals surface area contributed by atoms with Gasteiger partial charge in [-0.2, -0.15) is 0 Å². The predicted molar refractivity (Wildman–Crippen MR) is 138 cm³/mol. The lowest BCUT2D eigenvalue weighted by Crippen LogP contribution is -2.53. The highest BCUT2D eigenvalue weighted by atomic mass is 35.5. The summed E-state index contributed by atoms with van der Waals surface area (Å²) < 4.78 is 26.1. The zero-order chi connectivity index (χ0) is 25.5. The first-order chi connectivity index (χ1) is 16.0. The van der Waals surface area contributed by atoms with Gasteiger partial charge in [0.1, 0.15) is 12.6 Å². The minimum Gasteiger partial charge on any atom is -0.352 e. The zero-order valence-corrected chi connectivity index (χ0v) is 22.1. The summed E-state index contributed by atoms with van der Waals surface area (Å²) in [7, 11) is -3.76. The van der Waals surface area contributed by atoms with Gasteiger partial charge in [0.05, 0.1) is 22.0 Å². The Morgan fingerprint density at radius 2 is 1.65 bits per heavy atom. The molecule has 2 rings (SSSR count). The van der Waals surface area contributed by atoms with Gasteiger partial charge >= 0.3 is 0 Å². The second-order valence-corrected chi connectivity index (χ2v) is 10.8. The van der Waals surface area contributed by atoms with Gasteiger partial charge in [-0.15, -0.1) is 0 Å². The van der Waals surface area contributed by atoms with Crippen LogP contribution < -0.4 is 9.62 Å². The maximum absolute atomic E-state index is 13.6. The molecule has 0 aliphatic carbocycles. The Bertz CT molecular complexity index is 1100. The van der Waals surface area contributed by atoms with E-state index < -0.39 is 28.5 Å². The number of hydrogen-bond acceptors (Lipinski definition) is 4. The second kappa shape index (κ2) is 12.4. The molecule has 0 aliphatic rings. The van der Waals surface area contributed by atoms with Crippen molar-refractivity contribution >= 4 is 50.7 Å². The van der Waals surface area contributed by atoms with Crippen molar-refractivity contribution in [3.63, 3.8) is 0 Å². The van der Waals surface area contributed by atoms with Crippen LogP contribution in [-0.2, 0) is 26.2 Å². The fraction of sp³-hybridized carbons (Fsp3) is 0.417. The van der Waals surface area contributed by atoms with Crippen molar-refractivity contribution in [2.24, 2.45) is 0 Å². The van der Waals surface area contributed by atoms with Crippen molar-refractivity contribution in [3.8, 4) is 0 Å². The number of nitrogens with one attached hydrogen (secondary N) is 1. The number of halogens is 2. The Kier molecular flexibility index (Phi) is 10.2. The van der Waals surface area contributed by atoms with Crippen molar-refractivity contribution in [2.75, 3.05) is 17.1 Å². The number of benzene rings is 2. The summed E-state index contributed by atoms with van der Waals surface area (Å²) in [6, 6.07) is 12.5. The molecule has 2 amide bonds. The number of sulfonamides is 1. The number of amides is 2. The topological polar surface area (TPSA) is 86.8 Å². The molecule has 1 N–H and O–H groups in total. The summed E-state index contributed by atoms with van der Waals surface area (Å²) in [5.41, 5.74) is 1.04. The van der Waals surface area contributed by atoms with E-state index in [-0.39, 0.29) is 18.5 Å². The van der Waals surface area contributed by atoms with Gasteiger partial charge in [-0.25, -0.2) is 8.42 Å². The predicted octanol–water partition coefficient (Wildman–Crippen LogP) is 4.48. The normalized spacial score (nSPS) is 13.1. The summed E-state index contributed by atoms with van der Waals surface area (Å²) in [6.45, 7) is 5.26. The molecule has 0 aliphatic heterocycles. The van der Waals surface area contributed by atoms with Crippen LogP contribution in [0.3, 0.4) is 0 Å². The first-order valence-electron chi connectivity index (χ1n) is 11.0. The fourth-order valence-electron chi connectivity index (χ4n) is 3.40. The van der Waals surface area contributed by atoms with Crippen molar-refractivity contribution in [1.29, 1.82) is 0 Å². The van der Waals surface area contributed by atoms with Gasteiger partial charge in [-0.3, -0.25) is 13.9 Å². The molecule has 0 saturated heterocycles. The van der Waals surface area contributed by atoms with Crippen molar-refractivity contribution < 1.29 is 18.0 Å². The van der Waals surface area contributed by atoms with Gasteiger partial charge in [0.25, 0.3) is 0 Å². The van der Waals surface area contributed by atoms with Crippen LogP contribution in [0.4, 0.5) is 5.69 Å². The first kappa shape index (κ1) is 28.0. The Morgan fingerprint density at radius 3 is 2.18 bits per heavy atom. The standard InChI is InChI=1S/C24H31Cl2N3O4S/c1-5-17(3)27-24(31)22(6-2)28(15-18-12-13-20(25)21(26)14-18)23(30)16-29(34(4,32)33)19-10-8-7-9-11-19/h7-14,17,22H,5-6,15-16H2,1-4H3,(H,27,31)/t17-,22+/m1/s1. The van der Waals surface area contributed by atoms with Crippen LogP contribution in [0, 0.1) is 0 Å². The number of hydrogen-bond donors (Lipinski definition) is 1. The smallest absolute Gasteiger partial charge is 0.244 e. The van der Waals surface area contributed by atoms with Gasteiger partial charge in [-0.05, 0) is 49.6 Å². The van der Waals surface area contributed by atoms with E-state index in [1.165, 1.54) is 4.90 Å². The quantitative estimate of drug-likeness (QED) is 0.466. The second-order valence-electron chi connectivity index (χ2n) is 8.12. The molecule has 0 fully saturated rings. The minimum absolute atomic E-state index is 0.0640. The molecule has 34 heavy (non-hydrogen) atoms. The van der Waals surface area contributed by atoms with Crippen LogP contribution in [0.25, 0.3) is 0 Å². The van der Waals surface area contributed by atoms with Crippen LogP contribution in [-0.4, -0.2) is 50.0 Å². The maximum Gasteiger partial charge on any atom is 0.244 e. The number of para-hydroxylation sites is 1. The van der Waals surface area contributed by atoms with Gasteiger partial charge in [0, 0.05) is 12.6 Å². The lowest BCUT2D eigenvalue weighted by Gasteiger charge is -2.33. The third kappa shape index (κ3) is 7.61. The lowest BCUT2D eigenvalue weighted by atomic mass is 10.1. The van der Waals surface area contributed by atoms with E-state index in [4.69, 9.17) is 23.2 Å². The molecule has 0 aromatic heterocycles. The van der Waals surface area contributed by atoms with Crippen LogP contribution >= 0.6 is 23.2 Å². The fourth-order valence-corrected chi connectivity index (χ4v) is 4.57. The molecule has 2 atom stereocenters. The molecular formula is C24H31Cl2N3O4S. The number of rotatable bonds is 11. The highest BCUT2D eigenvalue weighted by molar-refractivity contribution is 7.92. The largest absolute Gasteiger partial charge is 0.352 e. The van der Waals surface area contributed by atoms with Gasteiger partial charge in [0.2, 0.25) is 21.8 Å². The molecular weight excluding hydrogens is 497 g/mol. The molecule has 0 unspecified atom stereocenters. The molecule has 0 heterocycles. The van der Waals surface area contributed by atoms with Gasteiger partial charge < -0.3 is 10.2 Å². The zero-order valence-electron chi connectivity index (χ0n) is 19.8. The lowest BCUT2D eigenvalue weighted by molar-refractivity contribution is -0.140. The van der Waals surface area contributed by atoms with E-state index in [1.807, 2.05) is 20.8 Å². The molecule has 0 bridgehead atoms. The molecule has 10 heteroatoms. The monoisotopic (exact) mass is 527 g/mol. The van der Waals surface area contributed by atoms with Crippen LogP contribution in [0.2, 0.25) is 10.0 Å². The SMILES string of the molecule is CC[C@@H](C)NC(=O)[C@H](CC)N(Cc1ccc(Cl)c(Cl)c1)C(=O)CN(c1ccccc1)S(C)(=O)=O. The Morgan fingerprint density at radius 1 is 1.00 bits per heavy atom. The Hall–Kier alpha value is -2.29. The Balaban J connectivity index is 2.44. The summed E-state index contributed by atoms with van der Waals surface area (Å²) in [5.74, 6) is -0.803. The molecule has 2 aromatic rings. The number of carbonyl (C=O) groups is 2. The minimum atomic E-state index is -3.76. The summed E-state index contributed by atoms with van der Waals surface area (Å²) in [4.78, 5) is 28.0. The van der Waals surface area contributed by atoms with E-state index in [0.717, 1.165) is 17.0 Å². The average molecular weight is 529 g/mol.